The number of fused-ring (bicyclic) bond motifs is 2. The monoisotopic (exact) mass is 876 g/mol. The highest BCUT2D eigenvalue weighted by atomic mass is 35.5. The maximum Gasteiger partial charge on any atom is 0.490 e. The van der Waals surface area contributed by atoms with Crippen molar-refractivity contribution in [2.75, 3.05) is 63.2 Å². The zero-order valence-electron chi connectivity index (χ0n) is 32.1. The van der Waals surface area contributed by atoms with E-state index in [2.05, 4.69) is 40.3 Å². The lowest BCUT2D eigenvalue weighted by Gasteiger charge is -2.40. The van der Waals surface area contributed by atoms with Crippen molar-refractivity contribution in [2.45, 2.75) is 38.2 Å². The number of aliphatic carboxylic acids is 1. The van der Waals surface area contributed by atoms with E-state index in [1.165, 1.54) is 0 Å². The molecule has 1 aromatic heterocycles. The number of aromatic nitrogens is 1. The minimum atomic E-state index is -5.08. The van der Waals surface area contributed by atoms with Gasteiger partial charge in [0, 0.05) is 83.7 Å². The average Bonchev–Trinajstić information content (AvgIpc) is 3.60. The van der Waals surface area contributed by atoms with Crippen LogP contribution in [0, 0.1) is 5.92 Å². The number of nitrogens with zero attached hydrogens (tertiary/aromatic N) is 4. The summed E-state index contributed by atoms with van der Waals surface area (Å²) in [5.74, 6) is -2.94. The van der Waals surface area contributed by atoms with E-state index in [9.17, 15) is 35.9 Å². The number of carbonyl (C=O) groups excluding carboxylic acids is 2. The molecule has 2 unspecified atom stereocenters. The predicted octanol–water partition coefficient (Wildman–Crippen LogP) is 7.76. The van der Waals surface area contributed by atoms with Gasteiger partial charge in [0.15, 0.2) is 0 Å². The predicted molar refractivity (Wildman–Crippen MR) is 213 cm³/mol. The highest BCUT2D eigenvalue weighted by molar-refractivity contribution is 6.31. The Hall–Kier alpha value is -5.20. The molecule has 12 nitrogen and oxygen atoms in total. The topological polar surface area (TPSA) is 150 Å². The lowest BCUT2D eigenvalue weighted by atomic mass is 9.88. The minimum Gasteiger partial charge on any atom is -0.483 e. The van der Waals surface area contributed by atoms with Crippen molar-refractivity contribution >= 4 is 69.9 Å². The summed E-state index contributed by atoms with van der Waals surface area (Å²) in [6.45, 7) is 2.00. The number of H-pyrrole nitrogens is 1. The Balaban J connectivity index is 0.000000576. The van der Waals surface area contributed by atoms with Gasteiger partial charge in [-0.25, -0.2) is 9.59 Å². The highest BCUT2D eigenvalue weighted by Gasteiger charge is 2.39. The molecule has 0 spiro atoms. The van der Waals surface area contributed by atoms with Crippen molar-refractivity contribution in [1.82, 2.24) is 20.1 Å². The zero-order chi connectivity index (χ0) is 44.0. The number of hydrogen-bond acceptors (Lipinski definition) is 6. The first-order chi connectivity index (χ1) is 27.8. The standard InChI is InChI=1S/C35H40Cl2N6O2.C2HF3O2.CHF3.CH2O2/c1-23(30-20-38-31-7-5-4-6-29(30)31)33(39-35(45)42-16-14-41(15-17-42)28-11-8-26(36)9-12-28)34(44)43-22-24(21-40(2)3)18-25-19-27(37)10-13-32(25)43;3-2(4,5)1(6)7;2-1(3)4;2-1-3/h4-13,19-20,23-24,33,38H,14-18,21-22H2,1-3H3,(H,39,45);(H,6,7);1H;1H,(H,2,3)/t23?,24-,33?;;;/m1.../s1. The molecule has 0 radical (unpaired) electrons. The number of carboxylic acids is 1. The first kappa shape index (κ1) is 48.2. The van der Waals surface area contributed by atoms with Crippen LogP contribution in [0.3, 0.4) is 0 Å². The van der Waals surface area contributed by atoms with Gasteiger partial charge in [0.05, 0.1) is 0 Å². The molecule has 4 N–H and O–H groups in total. The van der Waals surface area contributed by atoms with Gasteiger partial charge in [-0.15, -0.1) is 0 Å². The lowest BCUT2D eigenvalue weighted by molar-refractivity contribution is -0.192. The van der Waals surface area contributed by atoms with E-state index in [-0.39, 0.29) is 30.2 Å². The first-order valence-corrected chi connectivity index (χ1v) is 18.7. The molecular weight excluding hydrogens is 833 g/mol. The summed E-state index contributed by atoms with van der Waals surface area (Å²) in [6.07, 6.45) is -2.28. The normalized spacial score (nSPS) is 16.0. The molecule has 0 aliphatic carbocycles. The molecule has 2 aliphatic heterocycles. The number of carboxylic acid groups (broad SMARTS) is 2. The van der Waals surface area contributed by atoms with Crippen LogP contribution in [0.4, 0.5) is 42.5 Å². The molecule has 1 saturated heterocycles. The number of para-hydroxylation sites is 1. The van der Waals surface area contributed by atoms with Crippen LogP contribution in [0.5, 0.6) is 0 Å². The molecule has 0 bridgehead atoms. The molecule has 2 aliphatic rings. The Morgan fingerprint density at radius 2 is 1.53 bits per heavy atom. The smallest absolute Gasteiger partial charge is 0.483 e. The maximum absolute atomic E-state index is 14.7. The number of rotatable bonds is 7. The van der Waals surface area contributed by atoms with Crippen molar-refractivity contribution in [3.8, 4) is 0 Å². The molecule has 0 saturated carbocycles. The number of carbonyl (C=O) groups is 4. The number of alkyl halides is 6. The third-order valence-corrected chi connectivity index (χ3v) is 9.82. The van der Waals surface area contributed by atoms with Crippen LogP contribution >= 0.6 is 23.2 Å². The van der Waals surface area contributed by atoms with E-state index in [1.807, 2.05) is 83.6 Å². The average molecular weight is 878 g/mol. The summed E-state index contributed by atoms with van der Waals surface area (Å²) >= 11 is 12.5. The van der Waals surface area contributed by atoms with Gasteiger partial charge < -0.3 is 40.1 Å². The summed E-state index contributed by atoms with van der Waals surface area (Å²) in [5, 5.41) is 19.6. The van der Waals surface area contributed by atoms with Crippen molar-refractivity contribution in [2.24, 2.45) is 5.92 Å². The quantitative estimate of drug-likeness (QED) is 0.109. The molecule has 59 heavy (non-hydrogen) atoms. The number of nitrogens with one attached hydrogen (secondary N) is 2. The SMILES string of the molecule is CC(c1c[nH]c2ccccc12)C(NC(=O)N1CCN(c2ccc(Cl)cc2)CC1)C(=O)N1C[C@@H](CN(C)C)Cc2cc(Cl)ccc21.FC(F)F.O=C(O)C(F)(F)F.O=CO. The fraction of sp³-hybridized carbons (Fsp3) is 0.385. The largest absolute Gasteiger partial charge is 0.490 e. The summed E-state index contributed by atoms with van der Waals surface area (Å²) in [5.41, 5.74) is 4.99. The number of aromatic amines is 1. The van der Waals surface area contributed by atoms with Gasteiger partial charge in [-0.2, -0.15) is 26.3 Å². The molecule has 4 aromatic rings. The Kier molecular flexibility index (Phi) is 18.2. The second-order valence-corrected chi connectivity index (χ2v) is 14.5. The van der Waals surface area contributed by atoms with Crippen molar-refractivity contribution in [3.63, 3.8) is 0 Å². The van der Waals surface area contributed by atoms with Crippen LogP contribution in [-0.4, -0.2) is 122 Å². The van der Waals surface area contributed by atoms with Crippen LogP contribution in [-0.2, 0) is 20.8 Å². The van der Waals surface area contributed by atoms with Gasteiger partial charge in [-0.3, -0.25) is 9.59 Å². The number of halogens is 8. The molecule has 20 heteroatoms. The molecule has 1 fully saturated rings. The van der Waals surface area contributed by atoms with Gasteiger partial charge in [-0.1, -0.05) is 48.3 Å². The molecule has 3 aromatic carbocycles. The van der Waals surface area contributed by atoms with E-state index < -0.39 is 24.9 Å². The number of anilines is 2. The van der Waals surface area contributed by atoms with Gasteiger partial charge in [0.25, 0.3) is 6.47 Å². The first-order valence-electron chi connectivity index (χ1n) is 17.9. The minimum absolute atomic E-state index is 0.118. The van der Waals surface area contributed by atoms with Crippen LogP contribution in [0.1, 0.15) is 24.0 Å². The Morgan fingerprint density at radius 1 is 0.966 bits per heavy atom. The van der Waals surface area contributed by atoms with Crippen LogP contribution in [0.2, 0.25) is 10.0 Å². The van der Waals surface area contributed by atoms with Gasteiger partial charge >= 0.3 is 24.9 Å². The number of piperazine rings is 1. The van der Waals surface area contributed by atoms with E-state index in [1.54, 1.807) is 0 Å². The fourth-order valence-corrected chi connectivity index (χ4v) is 7.14. The number of urea groups is 1. The third-order valence-electron chi connectivity index (χ3n) is 9.33. The fourth-order valence-electron chi connectivity index (χ4n) is 6.82. The Bertz CT molecular complexity index is 1990. The molecule has 6 rings (SSSR count). The number of amides is 3. The van der Waals surface area contributed by atoms with E-state index in [0.717, 1.165) is 46.4 Å². The maximum atomic E-state index is 14.7. The Morgan fingerprint density at radius 3 is 2.08 bits per heavy atom. The van der Waals surface area contributed by atoms with Crippen LogP contribution in [0.15, 0.2) is 72.9 Å². The van der Waals surface area contributed by atoms with Crippen LogP contribution < -0.4 is 15.1 Å². The highest BCUT2D eigenvalue weighted by Crippen LogP contribution is 2.35. The van der Waals surface area contributed by atoms with Gasteiger partial charge in [0.1, 0.15) is 6.04 Å². The summed E-state index contributed by atoms with van der Waals surface area (Å²) in [4.78, 5) is 57.3. The van der Waals surface area contributed by atoms with Crippen LogP contribution in [0.25, 0.3) is 10.9 Å². The molecule has 322 valence electrons. The van der Waals surface area contributed by atoms with Gasteiger partial charge in [0.2, 0.25) is 5.91 Å². The van der Waals surface area contributed by atoms with E-state index in [4.69, 9.17) is 43.0 Å². The Labute approximate surface area is 346 Å². The third kappa shape index (κ3) is 14.2. The number of benzene rings is 3. The van der Waals surface area contributed by atoms with E-state index in [0.29, 0.717) is 42.8 Å². The van der Waals surface area contributed by atoms with Gasteiger partial charge in [-0.05, 0) is 86.1 Å². The zero-order valence-corrected chi connectivity index (χ0v) is 33.6. The summed E-state index contributed by atoms with van der Waals surface area (Å²) in [7, 11) is 4.10. The summed E-state index contributed by atoms with van der Waals surface area (Å²) in [6, 6.07) is 20.6. The molecule has 3 atom stereocenters. The number of hydrogen-bond donors (Lipinski definition) is 4. The van der Waals surface area contributed by atoms with Crippen molar-refractivity contribution in [1.29, 1.82) is 0 Å². The summed E-state index contributed by atoms with van der Waals surface area (Å²) < 4.78 is 60.7. The lowest BCUT2D eigenvalue weighted by Crippen LogP contribution is -2.58. The molecule has 3 heterocycles. The molecule has 3 amide bonds. The second-order valence-electron chi connectivity index (χ2n) is 13.7. The second kappa shape index (κ2) is 22.2. The molecular formula is C39H44Cl2F6N6O6. The van der Waals surface area contributed by atoms with Crippen molar-refractivity contribution in [3.05, 3.63) is 94.1 Å². The van der Waals surface area contributed by atoms with Crippen molar-refractivity contribution < 1.29 is 55.7 Å². The van der Waals surface area contributed by atoms with E-state index >= 15 is 0 Å².